The van der Waals surface area contributed by atoms with E-state index in [0.717, 1.165) is 0 Å². The van der Waals surface area contributed by atoms with Crippen LogP contribution in [0.5, 0.6) is 5.75 Å². The molecule has 7 nitrogen and oxygen atoms in total. The smallest absolute Gasteiger partial charge is 0.337 e. The van der Waals surface area contributed by atoms with Gasteiger partial charge < -0.3 is 14.6 Å². The molecule has 0 aromatic heterocycles. The zero-order valence-corrected chi connectivity index (χ0v) is 20.1. The highest BCUT2D eigenvalue weighted by atomic mass is 35.5. The fourth-order valence-electron chi connectivity index (χ4n) is 3.90. The molecule has 0 radical (unpaired) electrons. The second kappa shape index (κ2) is 9.82. The van der Waals surface area contributed by atoms with Crippen LogP contribution in [0.3, 0.4) is 0 Å². The van der Waals surface area contributed by atoms with Crippen LogP contribution in [0.15, 0.2) is 72.3 Å². The van der Waals surface area contributed by atoms with Crippen molar-refractivity contribution in [3.8, 4) is 5.75 Å². The van der Waals surface area contributed by atoms with Gasteiger partial charge in [-0.3, -0.25) is 14.5 Å². The van der Waals surface area contributed by atoms with Gasteiger partial charge >= 0.3 is 5.97 Å². The molecule has 1 N–H and O–H groups in total. The van der Waals surface area contributed by atoms with E-state index in [2.05, 4.69) is 0 Å². The Balaban J connectivity index is 1.94. The van der Waals surface area contributed by atoms with Gasteiger partial charge in [-0.1, -0.05) is 41.4 Å². The van der Waals surface area contributed by atoms with Gasteiger partial charge in [-0.25, -0.2) is 4.79 Å². The lowest BCUT2D eigenvalue weighted by atomic mass is 9.95. The van der Waals surface area contributed by atoms with Crippen molar-refractivity contribution in [2.75, 3.05) is 19.1 Å². The zero-order valence-electron chi connectivity index (χ0n) is 18.6. The summed E-state index contributed by atoms with van der Waals surface area (Å²) in [6, 6.07) is 16.3. The van der Waals surface area contributed by atoms with Crippen molar-refractivity contribution in [1.29, 1.82) is 0 Å². The molecule has 1 amide bonds. The van der Waals surface area contributed by atoms with Crippen LogP contribution in [-0.4, -0.2) is 37.0 Å². The molecule has 0 saturated carbocycles. The van der Waals surface area contributed by atoms with Crippen molar-refractivity contribution in [2.24, 2.45) is 0 Å². The Morgan fingerprint density at radius 2 is 1.63 bits per heavy atom. The third-order valence-corrected chi connectivity index (χ3v) is 6.35. The number of aliphatic hydroxyl groups excluding tert-OH is 1. The number of aliphatic hydroxyl groups is 1. The van der Waals surface area contributed by atoms with E-state index in [1.54, 1.807) is 36.4 Å². The maximum absolute atomic E-state index is 13.3. The summed E-state index contributed by atoms with van der Waals surface area (Å²) < 4.78 is 10.0. The Bertz CT molecular complexity index is 1370. The number of hydrogen-bond donors (Lipinski definition) is 1. The molecule has 9 heteroatoms. The number of Topliss-reactive ketones (excluding diaryl/α,β-unsaturated/α-hetero) is 1. The summed E-state index contributed by atoms with van der Waals surface area (Å²) in [5.41, 5.74) is 1.10. The standard InChI is InChI=1S/C26H19Cl2NO6/c1-34-18-9-6-14(7-10-18)22-21(23(30)15-8-11-19(27)20(28)13-15)24(31)25(32)29(22)17-5-3-4-16(12-17)26(33)35-2/h3-13,22,30H,1-2H3/b23-21+. The van der Waals surface area contributed by atoms with Gasteiger partial charge in [0.05, 0.1) is 41.4 Å². The van der Waals surface area contributed by atoms with Crippen LogP contribution in [0.25, 0.3) is 5.76 Å². The third kappa shape index (κ3) is 4.48. The first-order chi connectivity index (χ1) is 16.8. The second-order valence-corrected chi connectivity index (χ2v) is 8.43. The number of benzene rings is 3. The Kier molecular flexibility index (Phi) is 6.82. The molecular weight excluding hydrogens is 493 g/mol. The molecule has 0 aliphatic carbocycles. The Hall–Kier alpha value is -3.81. The number of ketones is 1. The fraction of sp³-hybridized carbons (Fsp3) is 0.115. The van der Waals surface area contributed by atoms with Crippen LogP contribution >= 0.6 is 23.2 Å². The number of hydrogen-bond acceptors (Lipinski definition) is 6. The van der Waals surface area contributed by atoms with Gasteiger partial charge in [0.25, 0.3) is 11.7 Å². The zero-order chi connectivity index (χ0) is 25.3. The van der Waals surface area contributed by atoms with Crippen LogP contribution < -0.4 is 9.64 Å². The molecule has 1 unspecified atom stereocenters. The Morgan fingerprint density at radius 1 is 0.914 bits per heavy atom. The van der Waals surface area contributed by atoms with Gasteiger partial charge in [0, 0.05) is 11.3 Å². The predicted molar refractivity (Wildman–Crippen MR) is 132 cm³/mol. The van der Waals surface area contributed by atoms with Gasteiger partial charge in [0.2, 0.25) is 0 Å². The molecule has 1 atom stereocenters. The van der Waals surface area contributed by atoms with Crippen LogP contribution in [0.4, 0.5) is 5.69 Å². The van der Waals surface area contributed by atoms with Crippen molar-refractivity contribution in [1.82, 2.24) is 0 Å². The quantitative estimate of drug-likeness (QED) is 0.213. The number of nitrogens with zero attached hydrogens (tertiary/aromatic N) is 1. The maximum Gasteiger partial charge on any atom is 0.337 e. The lowest BCUT2D eigenvalue weighted by molar-refractivity contribution is -0.132. The first kappa shape index (κ1) is 24.3. The second-order valence-electron chi connectivity index (χ2n) is 7.61. The number of methoxy groups -OCH3 is 2. The van der Waals surface area contributed by atoms with E-state index >= 15 is 0 Å². The number of carbonyl (C=O) groups excluding carboxylic acids is 3. The molecule has 178 valence electrons. The molecule has 1 fully saturated rings. The summed E-state index contributed by atoms with van der Waals surface area (Å²) in [6.45, 7) is 0. The van der Waals surface area contributed by atoms with E-state index in [4.69, 9.17) is 32.7 Å². The summed E-state index contributed by atoms with van der Waals surface area (Å²) in [7, 11) is 2.76. The largest absolute Gasteiger partial charge is 0.507 e. The van der Waals surface area contributed by atoms with Crippen LogP contribution in [0, 0.1) is 0 Å². The summed E-state index contributed by atoms with van der Waals surface area (Å²) in [5, 5.41) is 11.6. The molecule has 1 heterocycles. The monoisotopic (exact) mass is 511 g/mol. The number of amides is 1. The van der Waals surface area contributed by atoms with Gasteiger partial charge in [-0.05, 0) is 54.1 Å². The van der Waals surface area contributed by atoms with E-state index in [9.17, 15) is 19.5 Å². The highest BCUT2D eigenvalue weighted by Crippen LogP contribution is 2.43. The summed E-state index contributed by atoms with van der Waals surface area (Å²) in [4.78, 5) is 39.8. The van der Waals surface area contributed by atoms with Gasteiger partial charge in [0.15, 0.2) is 0 Å². The first-order valence-electron chi connectivity index (χ1n) is 10.4. The van der Waals surface area contributed by atoms with E-state index in [-0.39, 0.29) is 32.4 Å². The fourth-order valence-corrected chi connectivity index (χ4v) is 4.20. The lowest BCUT2D eigenvalue weighted by Crippen LogP contribution is -2.29. The molecule has 3 aromatic rings. The van der Waals surface area contributed by atoms with E-state index in [1.165, 1.54) is 49.5 Å². The SMILES string of the molecule is COC(=O)c1cccc(N2C(=O)C(=O)/C(=C(/O)c3ccc(Cl)c(Cl)c3)C2c2ccc(OC)cc2)c1. The topological polar surface area (TPSA) is 93.1 Å². The average Bonchev–Trinajstić information content (AvgIpc) is 3.15. The molecule has 4 rings (SSSR count). The maximum atomic E-state index is 13.3. The highest BCUT2D eigenvalue weighted by Gasteiger charge is 2.47. The number of rotatable bonds is 5. The van der Waals surface area contributed by atoms with E-state index < -0.39 is 29.5 Å². The minimum atomic E-state index is -0.997. The van der Waals surface area contributed by atoms with Crippen molar-refractivity contribution < 1.29 is 29.0 Å². The van der Waals surface area contributed by atoms with E-state index in [1.807, 2.05) is 0 Å². The minimum absolute atomic E-state index is 0.137. The number of anilines is 1. The molecular formula is C26H19Cl2NO6. The lowest BCUT2D eigenvalue weighted by Gasteiger charge is -2.26. The number of carbonyl (C=O) groups is 3. The summed E-state index contributed by atoms with van der Waals surface area (Å²) in [5.74, 6) is -2.19. The molecule has 1 aliphatic rings. The number of ether oxygens (including phenoxy) is 2. The minimum Gasteiger partial charge on any atom is -0.507 e. The molecule has 1 saturated heterocycles. The van der Waals surface area contributed by atoms with Crippen LogP contribution in [-0.2, 0) is 14.3 Å². The van der Waals surface area contributed by atoms with Gasteiger partial charge in [-0.15, -0.1) is 0 Å². The van der Waals surface area contributed by atoms with Crippen molar-refractivity contribution in [3.63, 3.8) is 0 Å². The van der Waals surface area contributed by atoms with Crippen LogP contribution in [0.1, 0.15) is 27.5 Å². The van der Waals surface area contributed by atoms with Crippen molar-refractivity contribution in [2.45, 2.75) is 6.04 Å². The molecule has 0 bridgehead atoms. The summed E-state index contributed by atoms with van der Waals surface area (Å²) in [6.07, 6.45) is 0. The van der Waals surface area contributed by atoms with Crippen LogP contribution in [0.2, 0.25) is 10.0 Å². The molecule has 35 heavy (non-hydrogen) atoms. The average molecular weight is 512 g/mol. The highest BCUT2D eigenvalue weighted by molar-refractivity contribution is 6.52. The Labute approximate surface area is 211 Å². The molecule has 3 aromatic carbocycles. The first-order valence-corrected chi connectivity index (χ1v) is 11.1. The van der Waals surface area contributed by atoms with Gasteiger partial charge in [-0.2, -0.15) is 0 Å². The normalized spacial score (nSPS) is 16.9. The van der Waals surface area contributed by atoms with Gasteiger partial charge in [0.1, 0.15) is 11.5 Å². The summed E-state index contributed by atoms with van der Waals surface area (Å²) >= 11 is 12.1. The number of esters is 1. The third-order valence-electron chi connectivity index (χ3n) is 5.61. The molecule has 0 spiro atoms. The van der Waals surface area contributed by atoms with Crippen molar-refractivity contribution >= 4 is 52.3 Å². The predicted octanol–water partition coefficient (Wildman–Crippen LogP) is 5.41. The molecule has 1 aliphatic heterocycles. The Morgan fingerprint density at radius 3 is 2.26 bits per heavy atom. The van der Waals surface area contributed by atoms with Crippen molar-refractivity contribution in [3.05, 3.63) is 99.0 Å². The number of halogens is 2. The van der Waals surface area contributed by atoms with E-state index in [0.29, 0.717) is 11.3 Å².